The van der Waals surface area contributed by atoms with Crippen LogP contribution in [0.5, 0.6) is 0 Å². The number of benzene rings is 1. The van der Waals surface area contributed by atoms with E-state index in [0.717, 1.165) is 28.0 Å². The van der Waals surface area contributed by atoms with Crippen molar-refractivity contribution in [3.63, 3.8) is 0 Å². The second kappa shape index (κ2) is 5.63. The molecule has 0 fully saturated rings. The highest BCUT2D eigenvalue weighted by atomic mass is 16.3. The lowest BCUT2D eigenvalue weighted by Gasteiger charge is -2.27. The van der Waals surface area contributed by atoms with E-state index in [0.29, 0.717) is 25.3 Å². The minimum absolute atomic E-state index is 0.0833. The molecule has 0 saturated heterocycles. The Labute approximate surface area is 139 Å². The molecule has 6 nitrogen and oxygen atoms in total. The first-order valence-corrected chi connectivity index (χ1v) is 7.92. The number of aromatic nitrogens is 2. The predicted molar refractivity (Wildman–Crippen MR) is 91.0 cm³/mol. The predicted octanol–water partition coefficient (Wildman–Crippen LogP) is 2.49. The topological polar surface area (TPSA) is 62.5 Å². The second-order valence-electron chi connectivity index (χ2n) is 6.19. The lowest BCUT2D eigenvalue weighted by molar-refractivity contribution is 0.0703. The van der Waals surface area contributed by atoms with Crippen LogP contribution >= 0.6 is 0 Å². The molecular weight excluding hydrogens is 304 g/mol. The third kappa shape index (κ3) is 2.50. The first-order valence-electron chi connectivity index (χ1n) is 7.92. The fourth-order valence-electron chi connectivity index (χ4n) is 2.95. The molecule has 24 heavy (non-hydrogen) atoms. The van der Waals surface area contributed by atoms with Gasteiger partial charge in [0.15, 0.2) is 11.6 Å². The fraction of sp³-hybridized carbons (Fsp3) is 0.278. The van der Waals surface area contributed by atoms with Gasteiger partial charge < -0.3 is 14.2 Å². The number of furan rings is 1. The molecule has 1 amide bonds. The number of hydrogen-bond donors (Lipinski definition) is 0. The number of fused-ring (bicyclic) bond motifs is 2. The summed E-state index contributed by atoms with van der Waals surface area (Å²) in [6, 6.07) is 11.5. The van der Waals surface area contributed by atoms with Gasteiger partial charge in [-0.15, -0.1) is 5.10 Å². The molecule has 0 aliphatic carbocycles. The van der Waals surface area contributed by atoms with Crippen molar-refractivity contribution in [2.24, 2.45) is 0 Å². The summed E-state index contributed by atoms with van der Waals surface area (Å²) in [5, 5.41) is 9.43. The molecule has 0 atom stereocenters. The summed E-state index contributed by atoms with van der Waals surface area (Å²) in [5.41, 5.74) is 2.75. The lowest BCUT2D eigenvalue weighted by atomic mass is 10.1. The highest BCUT2D eigenvalue weighted by Gasteiger charge is 2.25. The second-order valence-corrected chi connectivity index (χ2v) is 6.19. The van der Waals surface area contributed by atoms with E-state index in [1.54, 1.807) is 4.90 Å². The Morgan fingerprint density at radius 2 is 2.04 bits per heavy atom. The first kappa shape index (κ1) is 14.7. The Kier molecular flexibility index (Phi) is 3.45. The monoisotopic (exact) mass is 322 g/mol. The minimum Gasteiger partial charge on any atom is -0.451 e. The molecule has 1 aliphatic rings. The Morgan fingerprint density at radius 1 is 1.21 bits per heavy atom. The number of nitrogens with zero attached hydrogens (tertiary/aromatic N) is 4. The van der Waals surface area contributed by atoms with E-state index in [2.05, 4.69) is 10.2 Å². The van der Waals surface area contributed by atoms with Gasteiger partial charge in [0.05, 0.1) is 5.69 Å². The molecule has 0 radical (unpaired) electrons. The maximum Gasteiger partial charge on any atom is 0.289 e. The summed E-state index contributed by atoms with van der Waals surface area (Å²) in [5.74, 6) is 1.10. The fourth-order valence-corrected chi connectivity index (χ4v) is 2.95. The number of carbonyl (C=O) groups is 1. The van der Waals surface area contributed by atoms with Crippen molar-refractivity contribution >= 4 is 22.7 Å². The van der Waals surface area contributed by atoms with Crippen LogP contribution in [0.25, 0.3) is 11.0 Å². The number of para-hydroxylation sites is 1. The zero-order chi connectivity index (χ0) is 16.7. The molecule has 2 aromatic heterocycles. The van der Waals surface area contributed by atoms with E-state index in [9.17, 15) is 4.79 Å². The molecule has 4 rings (SSSR count). The highest BCUT2D eigenvalue weighted by molar-refractivity contribution is 5.96. The normalized spacial score (nSPS) is 13.8. The summed E-state index contributed by atoms with van der Waals surface area (Å²) in [4.78, 5) is 16.5. The molecule has 3 aromatic rings. The van der Waals surface area contributed by atoms with Gasteiger partial charge in [0.25, 0.3) is 5.91 Å². The molecular formula is C18H18N4O2. The van der Waals surface area contributed by atoms with Gasteiger partial charge in [-0.3, -0.25) is 4.79 Å². The van der Waals surface area contributed by atoms with Crippen molar-refractivity contribution in [1.29, 1.82) is 0 Å². The van der Waals surface area contributed by atoms with Gasteiger partial charge in [0, 0.05) is 39.0 Å². The minimum atomic E-state index is -0.0833. The zero-order valence-corrected chi connectivity index (χ0v) is 13.7. The number of rotatable bonds is 2. The van der Waals surface area contributed by atoms with Crippen LogP contribution in [0.15, 0.2) is 40.8 Å². The van der Waals surface area contributed by atoms with E-state index < -0.39 is 0 Å². The van der Waals surface area contributed by atoms with Crippen LogP contribution in [-0.2, 0) is 13.0 Å². The standard InChI is InChI=1S/C18H18N4O2/c1-21(2)17-10-13-11-22(8-7-14(13)19-20-17)18(23)16-9-12-5-3-4-6-15(12)24-16/h3-6,9-10H,7-8,11H2,1-2H3. The van der Waals surface area contributed by atoms with Crippen LogP contribution in [0.2, 0.25) is 0 Å². The van der Waals surface area contributed by atoms with Crippen LogP contribution in [0, 0.1) is 0 Å². The SMILES string of the molecule is CN(C)c1cc2c(nn1)CCN(C(=O)c1cc3ccccc3o1)C2. The number of amides is 1. The summed E-state index contributed by atoms with van der Waals surface area (Å²) in [6.45, 7) is 1.15. The van der Waals surface area contributed by atoms with Crippen LogP contribution < -0.4 is 4.90 Å². The van der Waals surface area contributed by atoms with E-state index >= 15 is 0 Å². The zero-order valence-electron chi connectivity index (χ0n) is 13.7. The van der Waals surface area contributed by atoms with Crippen molar-refractivity contribution in [3.8, 4) is 0 Å². The van der Waals surface area contributed by atoms with Gasteiger partial charge >= 0.3 is 0 Å². The number of carbonyl (C=O) groups excluding carboxylic acids is 1. The van der Waals surface area contributed by atoms with Crippen LogP contribution in [0.1, 0.15) is 21.8 Å². The first-order chi connectivity index (χ1) is 11.6. The molecule has 0 bridgehead atoms. The number of anilines is 1. The van der Waals surface area contributed by atoms with Gasteiger partial charge in [-0.05, 0) is 23.8 Å². The van der Waals surface area contributed by atoms with E-state index in [1.807, 2.05) is 55.4 Å². The average molecular weight is 322 g/mol. The Hall–Kier alpha value is -2.89. The smallest absolute Gasteiger partial charge is 0.289 e. The Balaban J connectivity index is 1.61. The molecule has 3 heterocycles. The maximum absolute atomic E-state index is 12.8. The molecule has 0 N–H and O–H groups in total. The average Bonchev–Trinajstić information content (AvgIpc) is 3.04. The summed E-state index contributed by atoms with van der Waals surface area (Å²) in [7, 11) is 3.85. The van der Waals surface area contributed by atoms with Gasteiger partial charge in [-0.25, -0.2) is 0 Å². The maximum atomic E-state index is 12.8. The molecule has 0 unspecified atom stereocenters. The van der Waals surface area contributed by atoms with E-state index in [1.165, 1.54) is 0 Å². The number of hydrogen-bond acceptors (Lipinski definition) is 5. The molecule has 0 spiro atoms. The van der Waals surface area contributed by atoms with Crippen LogP contribution in [-0.4, -0.2) is 41.6 Å². The third-order valence-electron chi connectivity index (χ3n) is 4.31. The van der Waals surface area contributed by atoms with Gasteiger partial charge in [0.2, 0.25) is 0 Å². The van der Waals surface area contributed by atoms with E-state index in [4.69, 9.17) is 4.42 Å². The molecule has 1 aliphatic heterocycles. The third-order valence-corrected chi connectivity index (χ3v) is 4.31. The van der Waals surface area contributed by atoms with Crippen molar-refractivity contribution in [2.45, 2.75) is 13.0 Å². The Morgan fingerprint density at radius 3 is 2.83 bits per heavy atom. The van der Waals surface area contributed by atoms with Crippen LogP contribution in [0.4, 0.5) is 5.82 Å². The van der Waals surface area contributed by atoms with E-state index in [-0.39, 0.29) is 5.91 Å². The van der Waals surface area contributed by atoms with Gasteiger partial charge in [0.1, 0.15) is 5.58 Å². The van der Waals surface area contributed by atoms with Crippen molar-refractivity contribution in [2.75, 3.05) is 25.5 Å². The summed E-state index contributed by atoms with van der Waals surface area (Å²) < 4.78 is 5.71. The quantitative estimate of drug-likeness (QED) is 0.725. The lowest BCUT2D eigenvalue weighted by Crippen LogP contribution is -2.36. The van der Waals surface area contributed by atoms with Crippen LogP contribution in [0.3, 0.4) is 0 Å². The van der Waals surface area contributed by atoms with Gasteiger partial charge in [-0.1, -0.05) is 18.2 Å². The Bertz CT molecular complexity index is 883. The highest BCUT2D eigenvalue weighted by Crippen LogP contribution is 2.24. The molecule has 0 saturated carbocycles. The molecule has 122 valence electrons. The molecule has 1 aromatic carbocycles. The largest absolute Gasteiger partial charge is 0.451 e. The summed E-state index contributed by atoms with van der Waals surface area (Å²) in [6.07, 6.45) is 0.710. The van der Waals surface area contributed by atoms with Crippen molar-refractivity contribution in [1.82, 2.24) is 15.1 Å². The van der Waals surface area contributed by atoms with Gasteiger partial charge in [-0.2, -0.15) is 5.10 Å². The molecule has 6 heteroatoms. The van der Waals surface area contributed by atoms with Crippen molar-refractivity contribution in [3.05, 3.63) is 53.4 Å². The van der Waals surface area contributed by atoms with Crippen molar-refractivity contribution < 1.29 is 9.21 Å². The summed E-state index contributed by atoms with van der Waals surface area (Å²) >= 11 is 0.